The number of pyridine rings is 1. The van der Waals surface area contributed by atoms with Gasteiger partial charge in [0.2, 0.25) is 0 Å². The van der Waals surface area contributed by atoms with E-state index in [1.807, 2.05) is 24.3 Å². The molecule has 0 unspecified atom stereocenters. The summed E-state index contributed by atoms with van der Waals surface area (Å²) in [5.74, 6) is 1.84. The predicted octanol–water partition coefficient (Wildman–Crippen LogP) is 3.76. The van der Waals surface area contributed by atoms with E-state index in [0.717, 1.165) is 25.7 Å². The van der Waals surface area contributed by atoms with Gasteiger partial charge in [0.05, 0.1) is 14.8 Å². The Bertz CT molecular complexity index is 843. The van der Waals surface area contributed by atoms with Gasteiger partial charge in [-0.1, -0.05) is 6.07 Å². The second kappa shape index (κ2) is 4.91. The summed E-state index contributed by atoms with van der Waals surface area (Å²) in [6, 6.07) is 10.1. The van der Waals surface area contributed by atoms with Gasteiger partial charge >= 0.3 is 0 Å². The zero-order chi connectivity index (χ0) is 14.4. The molecule has 4 nitrogen and oxygen atoms in total. The third-order valence-corrected chi connectivity index (χ3v) is 4.83. The van der Waals surface area contributed by atoms with Crippen molar-refractivity contribution in [3.8, 4) is 11.4 Å². The van der Waals surface area contributed by atoms with Crippen LogP contribution in [-0.2, 0) is 0 Å². The largest absolute Gasteiger partial charge is 0.383 e. The van der Waals surface area contributed by atoms with Crippen LogP contribution in [0.1, 0.15) is 24.5 Å². The third kappa shape index (κ3) is 2.35. The van der Waals surface area contributed by atoms with Gasteiger partial charge in [0.1, 0.15) is 5.82 Å². The molecule has 0 radical (unpaired) electrons. The number of nitrogens with two attached hydrogens (primary N) is 1. The van der Waals surface area contributed by atoms with E-state index >= 15 is 0 Å². The number of nitrogens with zero attached hydrogens (tertiary/aromatic N) is 3. The van der Waals surface area contributed by atoms with Gasteiger partial charge in [-0.05, 0) is 59.7 Å². The van der Waals surface area contributed by atoms with E-state index in [1.165, 1.54) is 12.8 Å². The summed E-state index contributed by atoms with van der Waals surface area (Å²) >= 11 is 2.25. The number of nitrogen functional groups attached to an aromatic ring is 1. The van der Waals surface area contributed by atoms with Gasteiger partial charge in [-0.15, -0.1) is 0 Å². The molecule has 1 aliphatic rings. The zero-order valence-corrected chi connectivity index (χ0v) is 13.4. The van der Waals surface area contributed by atoms with Crippen LogP contribution in [-0.4, -0.2) is 15.0 Å². The van der Waals surface area contributed by atoms with Crippen LogP contribution in [0.3, 0.4) is 0 Å². The minimum atomic E-state index is 0.558. The van der Waals surface area contributed by atoms with Crippen molar-refractivity contribution in [1.29, 1.82) is 0 Å². The van der Waals surface area contributed by atoms with Crippen LogP contribution in [0.2, 0.25) is 0 Å². The number of fused-ring (bicyclic) bond motifs is 1. The molecule has 1 aliphatic carbocycles. The van der Waals surface area contributed by atoms with Gasteiger partial charge in [0.25, 0.3) is 0 Å². The van der Waals surface area contributed by atoms with E-state index < -0.39 is 0 Å². The lowest BCUT2D eigenvalue weighted by Gasteiger charge is -2.09. The molecule has 2 N–H and O–H groups in total. The minimum Gasteiger partial charge on any atom is -0.383 e. The van der Waals surface area contributed by atoms with E-state index in [0.29, 0.717) is 17.6 Å². The summed E-state index contributed by atoms with van der Waals surface area (Å²) in [7, 11) is 0. The molecule has 0 aliphatic heterocycles. The Kier molecular flexibility index (Phi) is 3.02. The second-order valence-corrected chi connectivity index (χ2v) is 6.40. The van der Waals surface area contributed by atoms with Crippen molar-refractivity contribution in [3.05, 3.63) is 45.8 Å². The molecule has 1 aromatic carbocycles. The number of hydrogen-bond donors (Lipinski definition) is 1. The number of hydrogen-bond acceptors (Lipinski definition) is 4. The van der Waals surface area contributed by atoms with Crippen molar-refractivity contribution in [2.75, 3.05) is 5.73 Å². The van der Waals surface area contributed by atoms with Gasteiger partial charge in [-0.25, -0.2) is 9.97 Å². The molecule has 1 fully saturated rings. The van der Waals surface area contributed by atoms with E-state index in [-0.39, 0.29) is 0 Å². The molecular formula is C16H13IN4. The smallest absolute Gasteiger partial charge is 0.161 e. The molecule has 5 heteroatoms. The van der Waals surface area contributed by atoms with Crippen molar-refractivity contribution in [2.45, 2.75) is 18.8 Å². The maximum atomic E-state index is 6.07. The highest BCUT2D eigenvalue weighted by Crippen LogP contribution is 2.42. The van der Waals surface area contributed by atoms with Gasteiger partial charge in [-0.3, -0.25) is 4.98 Å². The van der Waals surface area contributed by atoms with Gasteiger partial charge in [0, 0.05) is 23.1 Å². The summed E-state index contributed by atoms with van der Waals surface area (Å²) in [6.07, 6.45) is 4.20. The fraction of sp³-hybridized carbons (Fsp3) is 0.188. The Morgan fingerprint density at radius 2 is 2.00 bits per heavy atom. The standard InChI is InChI=1S/C16H13IN4/c17-13-14(9-3-4-9)20-16(21-15(13)18)11-5-6-12-10(8-11)2-1-7-19-12/h1-2,5-9H,3-4H2,(H2,18,20,21). The maximum Gasteiger partial charge on any atom is 0.161 e. The van der Waals surface area contributed by atoms with Gasteiger partial charge in [0.15, 0.2) is 5.82 Å². The highest BCUT2D eigenvalue weighted by Gasteiger charge is 2.29. The van der Waals surface area contributed by atoms with Crippen LogP contribution in [0.15, 0.2) is 36.5 Å². The Labute approximate surface area is 136 Å². The lowest BCUT2D eigenvalue weighted by atomic mass is 10.1. The van der Waals surface area contributed by atoms with Crippen LogP contribution >= 0.6 is 22.6 Å². The molecule has 4 rings (SSSR count). The molecule has 0 bridgehead atoms. The number of aromatic nitrogens is 3. The van der Waals surface area contributed by atoms with Crippen molar-refractivity contribution < 1.29 is 0 Å². The Morgan fingerprint density at radius 1 is 1.14 bits per heavy atom. The summed E-state index contributed by atoms with van der Waals surface area (Å²) in [6.45, 7) is 0. The van der Waals surface area contributed by atoms with Gasteiger partial charge < -0.3 is 5.73 Å². The fourth-order valence-electron chi connectivity index (χ4n) is 2.45. The van der Waals surface area contributed by atoms with E-state index in [4.69, 9.17) is 10.7 Å². The number of rotatable bonds is 2. The molecule has 0 amide bonds. The Morgan fingerprint density at radius 3 is 2.81 bits per heavy atom. The minimum absolute atomic E-state index is 0.558. The first kappa shape index (κ1) is 12.9. The first-order chi connectivity index (χ1) is 10.2. The first-order valence-corrected chi connectivity index (χ1v) is 7.98. The molecule has 21 heavy (non-hydrogen) atoms. The monoisotopic (exact) mass is 388 g/mol. The van der Waals surface area contributed by atoms with Gasteiger partial charge in [-0.2, -0.15) is 0 Å². The molecule has 0 spiro atoms. The lowest BCUT2D eigenvalue weighted by Crippen LogP contribution is -2.04. The Hall–Kier alpha value is -1.76. The molecule has 0 saturated heterocycles. The highest BCUT2D eigenvalue weighted by atomic mass is 127. The van der Waals surface area contributed by atoms with Crippen LogP contribution in [0.4, 0.5) is 5.82 Å². The van der Waals surface area contributed by atoms with Crippen molar-refractivity contribution in [2.24, 2.45) is 0 Å². The fourth-order valence-corrected chi connectivity index (χ4v) is 3.14. The molecular weight excluding hydrogens is 375 g/mol. The van der Waals surface area contributed by atoms with Crippen LogP contribution < -0.4 is 5.73 Å². The zero-order valence-electron chi connectivity index (χ0n) is 11.3. The molecule has 0 atom stereocenters. The predicted molar refractivity (Wildman–Crippen MR) is 91.9 cm³/mol. The summed E-state index contributed by atoms with van der Waals surface area (Å²) in [5.41, 5.74) is 9.13. The lowest BCUT2D eigenvalue weighted by molar-refractivity contribution is 0.983. The SMILES string of the molecule is Nc1nc(-c2ccc3ncccc3c2)nc(C2CC2)c1I. The number of halogens is 1. The third-order valence-electron chi connectivity index (χ3n) is 3.73. The molecule has 1 saturated carbocycles. The van der Waals surface area contributed by atoms with Crippen LogP contribution in [0, 0.1) is 3.57 Å². The number of anilines is 1. The van der Waals surface area contributed by atoms with E-state index in [1.54, 1.807) is 6.20 Å². The van der Waals surface area contributed by atoms with Crippen LogP contribution in [0.25, 0.3) is 22.3 Å². The van der Waals surface area contributed by atoms with E-state index in [9.17, 15) is 0 Å². The summed E-state index contributed by atoms with van der Waals surface area (Å²) in [4.78, 5) is 13.5. The summed E-state index contributed by atoms with van der Waals surface area (Å²) < 4.78 is 1.00. The molecule has 104 valence electrons. The maximum absolute atomic E-state index is 6.07. The van der Waals surface area contributed by atoms with E-state index in [2.05, 4.69) is 38.6 Å². The second-order valence-electron chi connectivity index (χ2n) is 5.32. The Balaban J connectivity index is 1.87. The number of benzene rings is 1. The molecule has 3 aromatic rings. The van der Waals surface area contributed by atoms with Crippen molar-refractivity contribution in [3.63, 3.8) is 0 Å². The first-order valence-electron chi connectivity index (χ1n) is 6.90. The topological polar surface area (TPSA) is 64.7 Å². The summed E-state index contributed by atoms with van der Waals surface area (Å²) in [5, 5.41) is 1.09. The molecule has 2 aromatic heterocycles. The van der Waals surface area contributed by atoms with Crippen molar-refractivity contribution >= 4 is 39.3 Å². The molecule has 2 heterocycles. The van der Waals surface area contributed by atoms with Crippen molar-refractivity contribution in [1.82, 2.24) is 15.0 Å². The normalized spacial score (nSPS) is 14.5. The quantitative estimate of drug-likeness (QED) is 0.680. The van der Waals surface area contributed by atoms with Crippen LogP contribution in [0.5, 0.6) is 0 Å². The highest BCUT2D eigenvalue weighted by molar-refractivity contribution is 14.1. The average molecular weight is 388 g/mol. The average Bonchev–Trinajstić information content (AvgIpc) is 3.34.